The summed E-state index contributed by atoms with van der Waals surface area (Å²) in [5.74, 6) is 0. The van der Waals surface area contributed by atoms with Crippen LogP contribution in [0.15, 0.2) is 24.3 Å². The highest BCUT2D eigenvalue weighted by Crippen LogP contribution is 2.45. The van der Waals surface area contributed by atoms with Gasteiger partial charge in [-0.05, 0) is 12.1 Å². The predicted molar refractivity (Wildman–Crippen MR) is 89.5 cm³/mol. The van der Waals surface area contributed by atoms with E-state index in [0.717, 1.165) is 12.1 Å². The Bertz CT molecular complexity index is 898. The van der Waals surface area contributed by atoms with Gasteiger partial charge in [0.2, 0.25) is 0 Å². The van der Waals surface area contributed by atoms with Crippen molar-refractivity contribution in [1.82, 2.24) is 0 Å². The fraction of sp³-hybridized carbons (Fsp3) is 0.0769. The molecule has 0 saturated carbocycles. The van der Waals surface area contributed by atoms with Crippen LogP contribution in [0.1, 0.15) is 5.56 Å². The molecule has 0 amide bonds. The van der Waals surface area contributed by atoms with Gasteiger partial charge in [0.05, 0.1) is 37.2 Å². The number of nitrogens with zero attached hydrogens (tertiary/aromatic N) is 2. The lowest BCUT2D eigenvalue weighted by Gasteiger charge is -2.16. The molecule has 0 fully saturated rings. The van der Waals surface area contributed by atoms with Gasteiger partial charge < -0.3 is 5.32 Å². The maximum Gasteiger partial charge on any atom is 0.418 e. The Morgan fingerprint density at radius 2 is 1.42 bits per heavy atom. The standard InChI is InChI=1S/C13H5Cl3F3N3O4/c14-5-1-8(15)12(9(16)2-5)20-11-7(13(17,18)19)3-6(21(23)24)4-10(11)22(25)26/h1-4,20H. The highest BCUT2D eigenvalue weighted by molar-refractivity contribution is 6.41. The first-order valence-electron chi connectivity index (χ1n) is 6.37. The molecule has 13 heteroatoms. The van der Waals surface area contributed by atoms with E-state index in [4.69, 9.17) is 34.8 Å². The molecule has 0 aromatic heterocycles. The Hall–Kier alpha value is -2.30. The number of non-ortho nitro benzene ring substituents is 1. The van der Waals surface area contributed by atoms with E-state index in [9.17, 15) is 33.4 Å². The SMILES string of the molecule is O=[N+]([O-])c1cc([N+](=O)[O-])c(Nc2c(Cl)cc(Cl)cc2Cl)c(C(F)(F)F)c1. The van der Waals surface area contributed by atoms with Crippen molar-refractivity contribution in [3.63, 3.8) is 0 Å². The monoisotopic (exact) mass is 429 g/mol. The molecule has 138 valence electrons. The van der Waals surface area contributed by atoms with E-state index in [2.05, 4.69) is 5.32 Å². The van der Waals surface area contributed by atoms with Crippen molar-refractivity contribution in [3.05, 3.63) is 65.1 Å². The maximum atomic E-state index is 13.3. The average Bonchev–Trinajstić information content (AvgIpc) is 2.48. The number of halogens is 6. The predicted octanol–water partition coefficient (Wildman–Crippen LogP) is 6.23. The van der Waals surface area contributed by atoms with Gasteiger partial charge in [0.25, 0.3) is 11.4 Å². The molecule has 2 aromatic rings. The van der Waals surface area contributed by atoms with Crippen LogP contribution in [0.25, 0.3) is 0 Å². The highest BCUT2D eigenvalue weighted by atomic mass is 35.5. The van der Waals surface area contributed by atoms with Crippen molar-refractivity contribution in [2.24, 2.45) is 0 Å². The number of anilines is 2. The van der Waals surface area contributed by atoms with Crippen molar-refractivity contribution in [3.8, 4) is 0 Å². The van der Waals surface area contributed by atoms with Crippen LogP contribution in [0.4, 0.5) is 35.9 Å². The zero-order chi connectivity index (χ0) is 19.8. The molecular weight excluding hydrogens is 426 g/mol. The Labute approximate surface area is 157 Å². The van der Waals surface area contributed by atoms with Crippen LogP contribution >= 0.6 is 34.8 Å². The number of alkyl halides is 3. The first-order chi connectivity index (χ1) is 11.9. The second-order valence-corrected chi connectivity index (χ2v) is 6.02. The summed E-state index contributed by atoms with van der Waals surface area (Å²) in [6.45, 7) is 0. The Balaban J connectivity index is 2.78. The molecule has 2 aromatic carbocycles. The first kappa shape index (κ1) is 20.0. The fourth-order valence-corrected chi connectivity index (χ4v) is 2.91. The quantitative estimate of drug-likeness (QED) is 0.458. The minimum absolute atomic E-state index is 0.0831. The van der Waals surface area contributed by atoms with E-state index >= 15 is 0 Å². The van der Waals surface area contributed by atoms with E-state index in [1.54, 1.807) is 0 Å². The van der Waals surface area contributed by atoms with E-state index in [1.165, 1.54) is 0 Å². The molecule has 2 rings (SSSR count). The summed E-state index contributed by atoms with van der Waals surface area (Å²) >= 11 is 17.5. The number of nitro benzene ring substituents is 2. The van der Waals surface area contributed by atoms with Crippen LogP contribution in [-0.2, 0) is 6.18 Å². The highest BCUT2D eigenvalue weighted by Gasteiger charge is 2.40. The Kier molecular flexibility index (Phi) is 5.49. The second-order valence-electron chi connectivity index (χ2n) is 4.77. The third-order valence-corrected chi connectivity index (χ3v) is 3.89. The summed E-state index contributed by atoms with van der Waals surface area (Å²) in [7, 11) is 0. The van der Waals surface area contributed by atoms with Crippen molar-refractivity contribution in [2.45, 2.75) is 6.18 Å². The van der Waals surface area contributed by atoms with Gasteiger partial charge in [0.15, 0.2) is 0 Å². The zero-order valence-electron chi connectivity index (χ0n) is 12.1. The van der Waals surface area contributed by atoms with Gasteiger partial charge in [-0.3, -0.25) is 20.2 Å². The lowest BCUT2D eigenvalue weighted by molar-refractivity contribution is -0.394. The molecule has 7 nitrogen and oxygen atoms in total. The second kappa shape index (κ2) is 7.14. The lowest BCUT2D eigenvalue weighted by Crippen LogP contribution is -2.12. The molecule has 0 aliphatic rings. The molecule has 0 aliphatic heterocycles. The minimum Gasteiger partial charge on any atom is -0.347 e. The molecule has 0 heterocycles. The summed E-state index contributed by atoms with van der Waals surface area (Å²) < 4.78 is 40.0. The van der Waals surface area contributed by atoms with Crippen LogP contribution in [-0.4, -0.2) is 9.85 Å². The van der Waals surface area contributed by atoms with Gasteiger partial charge in [-0.15, -0.1) is 0 Å². The fourth-order valence-electron chi connectivity index (χ4n) is 2.00. The van der Waals surface area contributed by atoms with Crippen LogP contribution in [0.5, 0.6) is 0 Å². The summed E-state index contributed by atoms with van der Waals surface area (Å²) in [6.07, 6.45) is -5.13. The zero-order valence-corrected chi connectivity index (χ0v) is 14.4. The molecule has 1 N–H and O–H groups in total. The molecule has 0 aliphatic carbocycles. The summed E-state index contributed by atoms with van der Waals surface area (Å²) in [5, 5.41) is 23.8. The maximum absolute atomic E-state index is 13.3. The number of nitrogens with one attached hydrogen (secondary N) is 1. The first-order valence-corrected chi connectivity index (χ1v) is 7.50. The summed E-state index contributed by atoms with van der Waals surface area (Å²) in [5.41, 5.74) is -5.21. The van der Waals surface area contributed by atoms with Crippen molar-refractivity contribution in [1.29, 1.82) is 0 Å². The van der Waals surface area contributed by atoms with Crippen molar-refractivity contribution < 1.29 is 23.0 Å². The van der Waals surface area contributed by atoms with Crippen LogP contribution < -0.4 is 5.32 Å². The average molecular weight is 431 g/mol. The number of benzene rings is 2. The smallest absolute Gasteiger partial charge is 0.347 e. The number of hydrogen-bond acceptors (Lipinski definition) is 5. The molecule has 0 bridgehead atoms. The molecular formula is C13H5Cl3F3N3O4. The number of hydrogen-bond donors (Lipinski definition) is 1. The van der Waals surface area contributed by atoms with Gasteiger partial charge in [0, 0.05) is 11.1 Å². The molecule has 0 spiro atoms. The molecule has 26 heavy (non-hydrogen) atoms. The summed E-state index contributed by atoms with van der Waals surface area (Å²) in [4.78, 5) is 19.6. The molecule has 0 saturated heterocycles. The van der Waals surface area contributed by atoms with E-state index in [0.29, 0.717) is 6.07 Å². The third kappa shape index (κ3) is 4.09. The molecule has 0 unspecified atom stereocenters. The van der Waals surface area contributed by atoms with Crippen molar-refractivity contribution >= 4 is 57.6 Å². The third-order valence-electron chi connectivity index (χ3n) is 3.07. The molecule has 0 radical (unpaired) electrons. The van der Waals surface area contributed by atoms with Crippen molar-refractivity contribution in [2.75, 3.05) is 5.32 Å². The van der Waals surface area contributed by atoms with Gasteiger partial charge in [0.1, 0.15) is 5.69 Å². The van der Waals surface area contributed by atoms with Crippen LogP contribution in [0.2, 0.25) is 15.1 Å². The van der Waals surface area contributed by atoms with Gasteiger partial charge >= 0.3 is 6.18 Å². The van der Waals surface area contributed by atoms with Gasteiger partial charge in [-0.1, -0.05) is 34.8 Å². The topological polar surface area (TPSA) is 98.3 Å². The minimum atomic E-state index is -5.13. The van der Waals surface area contributed by atoms with Gasteiger partial charge in [-0.25, -0.2) is 0 Å². The number of rotatable bonds is 4. The normalized spacial score (nSPS) is 11.3. The Morgan fingerprint density at radius 1 is 0.885 bits per heavy atom. The van der Waals surface area contributed by atoms with E-state index in [-0.39, 0.29) is 26.8 Å². The largest absolute Gasteiger partial charge is 0.418 e. The van der Waals surface area contributed by atoms with Crippen LogP contribution in [0, 0.1) is 20.2 Å². The number of nitro groups is 2. The van der Waals surface area contributed by atoms with Gasteiger partial charge in [-0.2, -0.15) is 13.2 Å². The Morgan fingerprint density at radius 3 is 1.85 bits per heavy atom. The van der Waals surface area contributed by atoms with E-state index < -0.39 is 38.6 Å². The summed E-state index contributed by atoms with van der Waals surface area (Å²) in [6, 6.07) is 2.88. The molecule has 0 atom stereocenters. The lowest BCUT2D eigenvalue weighted by atomic mass is 10.1. The van der Waals surface area contributed by atoms with E-state index in [1.807, 2.05) is 0 Å². The van der Waals surface area contributed by atoms with Crippen LogP contribution in [0.3, 0.4) is 0 Å².